The number of likely N-dealkylation sites (tertiary alicyclic amines) is 1. The van der Waals surface area contributed by atoms with E-state index >= 15 is 0 Å². The Hall–Kier alpha value is -2.57. The lowest BCUT2D eigenvalue weighted by Crippen LogP contribution is -2.34. The molecule has 5 rings (SSSR count). The lowest BCUT2D eigenvalue weighted by atomic mass is 9.89. The van der Waals surface area contributed by atoms with Gasteiger partial charge >= 0.3 is 0 Å². The fourth-order valence-electron chi connectivity index (χ4n) is 4.54. The minimum absolute atomic E-state index is 0.226. The molecule has 1 saturated heterocycles. The first-order chi connectivity index (χ1) is 15.1. The maximum absolute atomic E-state index is 13.4. The molecule has 0 unspecified atom stereocenters. The minimum Gasteiger partial charge on any atom is -0.464 e. The summed E-state index contributed by atoms with van der Waals surface area (Å²) in [6.45, 7) is 5.07. The maximum atomic E-state index is 13.4. The second kappa shape index (κ2) is 8.52. The van der Waals surface area contributed by atoms with Gasteiger partial charge in [0.1, 0.15) is 17.2 Å². The summed E-state index contributed by atoms with van der Waals surface area (Å²) in [5.41, 5.74) is 3.79. The molecule has 6 heteroatoms. The highest BCUT2D eigenvalue weighted by Gasteiger charge is 2.24. The number of aryl methyl sites for hydroxylation is 1. The summed E-state index contributed by atoms with van der Waals surface area (Å²) in [7, 11) is 0. The molecule has 0 radical (unpaired) electrons. The Balaban J connectivity index is 1.22. The summed E-state index contributed by atoms with van der Waals surface area (Å²) in [6.07, 6.45) is 4.88. The van der Waals surface area contributed by atoms with Crippen LogP contribution in [-0.2, 0) is 6.42 Å². The van der Waals surface area contributed by atoms with Gasteiger partial charge in [-0.05, 0) is 81.6 Å². The third-order valence-corrected chi connectivity index (χ3v) is 7.20. The molecule has 1 aliphatic heterocycles. The average molecular weight is 439 g/mol. The number of aromatic nitrogens is 1. The number of furan rings is 1. The molecule has 1 fully saturated rings. The molecule has 0 amide bonds. The second-order valence-electron chi connectivity index (χ2n) is 8.21. The standard InChI is InChI=1S/C25H24F2N2OS/c1-16-28-25(18-2-4-19(26)5-3-18)24(31-16)10-13-29-11-8-17(9-12-29)22-15-30-23-14-20(27)6-7-21(22)23/h2-7,14-15,17H,8-13H2,1H3. The Morgan fingerprint density at radius 3 is 2.58 bits per heavy atom. The Morgan fingerprint density at radius 1 is 1.06 bits per heavy atom. The monoisotopic (exact) mass is 438 g/mol. The van der Waals surface area contributed by atoms with Crippen LogP contribution < -0.4 is 0 Å². The van der Waals surface area contributed by atoms with Crippen molar-refractivity contribution in [1.29, 1.82) is 0 Å². The van der Waals surface area contributed by atoms with Crippen molar-refractivity contribution in [3.8, 4) is 11.3 Å². The summed E-state index contributed by atoms with van der Waals surface area (Å²) < 4.78 is 32.3. The molecule has 0 bridgehead atoms. The van der Waals surface area contributed by atoms with E-state index in [2.05, 4.69) is 4.90 Å². The molecule has 2 aromatic carbocycles. The molecule has 31 heavy (non-hydrogen) atoms. The molecule has 3 heterocycles. The van der Waals surface area contributed by atoms with Crippen LogP contribution in [0.4, 0.5) is 8.78 Å². The predicted molar refractivity (Wildman–Crippen MR) is 121 cm³/mol. The van der Waals surface area contributed by atoms with Crippen LogP contribution in [0.5, 0.6) is 0 Å². The number of fused-ring (bicyclic) bond motifs is 1. The number of thiazole rings is 1. The van der Waals surface area contributed by atoms with Gasteiger partial charge in [-0.1, -0.05) is 0 Å². The van der Waals surface area contributed by atoms with Crippen LogP contribution in [0.15, 0.2) is 53.1 Å². The molecular weight excluding hydrogens is 414 g/mol. The minimum atomic E-state index is -0.262. The SMILES string of the molecule is Cc1nc(-c2ccc(F)cc2)c(CCN2CCC(c3coc4cc(F)ccc34)CC2)s1. The van der Waals surface area contributed by atoms with Gasteiger partial charge in [-0.15, -0.1) is 11.3 Å². The quantitative estimate of drug-likeness (QED) is 0.353. The largest absolute Gasteiger partial charge is 0.464 e. The first-order valence-corrected chi connectivity index (χ1v) is 11.5. The molecular formula is C25H24F2N2OS. The maximum Gasteiger partial charge on any atom is 0.137 e. The Kier molecular flexibility index (Phi) is 5.59. The molecule has 2 aromatic heterocycles. The molecule has 1 aliphatic rings. The number of benzene rings is 2. The van der Waals surface area contributed by atoms with Crippen molar-refractivity contribution in [3.05, 3.63) is 75.8 Å². The Labute approximate surface area is 184 Å². The number of nitrogens with zero attached hydrogens (tertiary/aromatic N) is 2. The van der Waals surface area contributed by atoms with Gasteiger partial charge in [0.2, 0.25) is 0 Å². The molecule has 160 valence electrons. The van der Waals surface area contributed by atoms with E-state index in [1.54, 1.807) is 29.7 Å². The van der Waals surface area contributed by atoms with Crippen LogP contribution in [0.2, 0.25) is 0 Å². The number of hydrogen-bond donors (Lipinski definition) is 0. The van der Waals surface area contributed by atoms with Gasteiger partial charge in [-0.2, -0.15) is 0 Å². The fraction of sp³-hybridized carbons (Fsp3) is 0.320. The van der Waals surface area contributed by atoms with Crippen molar-refractivity contribution in [2.75, 3.05) is 19.6 Å². The molecule has 3 nitrogen and oxygen atoms in total. The zero-order valence-corrected chi connectivity index (χ0v) is 18.2. The summed E-state index contributed by atoms with van der Waals surface area (Å²) in [4.78, 5) is 8.46. The van der Waals surface area contributed by atoms with Gasteiger partial charge in [0.15, 0.2) is 0 Å². The lowest BCUT2D eigenvalue weighted by Gasteiger charge is -2.31. The third kappa shape index (κ3) is 4.27. The lowest BCUT2D eigenvalue weighted by molar-refractivity contribution is 0.215. The number of hydrogen-bond acceptors (Lipinski definition) is 4. The van der Waals surface area contributed by atoms with E-state index in [9.17, 15) is 8.78 Å². The Bertz CT molecular complexity index is 1190. The first kappa shape index (κ1) is 20.3. The molecule has 0 atom stereocenters. The van der Waals surface area contributed by atoms with Gasteiger partial charge in [-0.3, -0.25) is 0 Å². The number of rotatable bonds is 5. The smallest absolute Gasteiger partial charge is 0.137 e. The van der Waals surface area contributed by atoms with Crippen molar-refractivity contribution in [2.24, 2.45) is 0 Å². The zero-order chi connectivity index (χ0) is 21.4. The summed E-state index contributed by atoms with van der Waals surface area (Å²) >= 11 is 1.73. The molecule has 0 saturated carbocycles. The average Bonchev–Trinajstić information content (AvgIpc) is 3.36. The normalized spacial score (nSPS) is 15.7. The van der Waals surface area contributed by atoms with Crippen molar-refractivity contribution in [3.63, 3.8) is 0 Å². The van der Waals surface area contributed by atoms with Gasteiger partial charge < -0.3 is 9.32 Å². The van der Waals surface area contributed by atoms with Crippen molar-refractivity contribution < 1.29 is 13.2 Å². The van der Waals surface area contributed by atoms with E-state index in [0.29, 0.717) is 11.5 Å². The topological polar surface area (TPSA) is 29.3 Å². The molecule has 4 aromatic rings. The highest BCUT2D eigenvalue weighted by Crippen LogP contribution is 2.35. The van der Waals surface area contributed by atoms with Crippen molar-refractivity contribution in [1.82, 2.24) is 9.88 Å². The van der Waals surface area contributed by atoms with E-state index in [1.807, 2.05) is 13.0 Å². The van der Waals surface area contributed by atoms with Crippen LogP contribution in [-0.4, -0.2) is 29.5 Å². The predicted octanol–water partition coefficient (Wildman–Crippen LogP) is 6.57. The van der Waals surface area contributed by atoms with Crippen LogP contribution >= 0.6 is 11.3 Å². The second-order valence-corrected chi connectivity index (χ2v) is 9.50. The fourth-order valence-corrected chi connectivity index (χ4v) is 5.49. The van der Waals surface area contributed by atoms with Crippen LogP contribution in [0.1, 0.15) is 34.2 Å². The van der Waals surface area contributed by atoms with E-state index in [4.69, 9.17) is 9.40 Å². The van der Waals surface area contributed by atoms with Gasteiger partial charge in [-0.25, -0.2) is 13.8 Å². The van der Waals surface area contributed by atoms with E-state index in [-0.39, 0.29) is 11.6 Å². The van der Waals surface area contributed by atoms with E-state index in [0.717, 1.165) is 60.5 Å². The van der Waals surface area contributed by atoms with E-state index < -0.39 is 0 Å². The van der Waals surface area contributed by atoms with Gasteiger partial charge in [0.25, 0.3) is 0 Å². The van der Waals surface area contributed by atoms with Gasteiger partial charge in [0.05, 0.1) is 17.0 Å². The van der Waals surface area contributed by atoms with Crippen LogP contribution in [0.25, 0.3) is 22.2 Å². The molecule has 0 aliphatic carbocycles. The van der Waals surface area contributed by atoms with E-state index in [1.165, 1.54) is 34.7 Å². The first-order valence-electron chi connectivity index (χ1n) is 10.7. The highest BCUT2D eigenvalue weighted by atomic mass is 32.1. The molecule has 0 spiro atoms. The van der Waals surface area contributed by atoms with Crippen molar-refractivity contribution in [2.45, 2.75) is 32.1 Å². The molecule has 0 N–H and O–H groups in total. The number of halogens is 2. The number of piperidine rings is 1. The summed E-state index contributed by atoms with van der Waals surface area (Å²) in [5.74, 6) is -0.0411. The van der Waals surface area contributed by atoms with Crippen molar-refractivity contribution >= 4 is 22.3 Å². The van der Waals surface area contributed by atoms with Crippen LogP contribution in [0, 0.1) is 18.6 Å². The third-order valence-electron chi connectivity index (χ3n) is 6.17. The van der Waals surface area contributed by atoms with Gasteiger partial charge in [0, 0.05) is 34.0 Å². The zero-order valence-electron chi connectivity index (χ0n) is 17.4. The van der Waals surface area contributed by atoms with Crippen LogP contribution in [0.3, 0.4) is 0 Å². The summed E-state index contributed by atoms with van der Waals surface area (Å²) in [6, 6.07) is 11.4. The highest BCUT2D eigenvalue weighted by molar-refractivity contribution is 7.12. The summed E-state index contributed by atoms with van der Waals surface area (Å²) in [5, 5.41) is 2.07. The Morgan fingerprint density at radius 2 is 1.81 bits per heavy atom.